The lowest BCUT2D eigenvalue weighted by molar-refractivity contribution is -0.126. The molecule has 2 aliphatic rings. The molecule has 5 heteroatoms. The minimum absolute atomic E-state index is 0.0239. The molecule has 0 heterocycles. The van der Waals surface area contributed by atoms with E-state index in [1.165, 1.54) is 25.7 Å². The minimum Gasteiger partial charge on any atom is -0.384 e. The Morgan fingerprint density at radius 1 is 1.17 bits per heavy atom. The van der Waals surface area contributed by atoms with Crippen molar-refractivity contribution in [2.24, 2.45) is 16.8 Å². The molecule has 0 radical (unpaired) electrons. The predicted octanol–water partition coefficient (Wildman–Crippen LogP) is 1.52. The van der Waals surface area contributed by atoms with E-state index in [0.717, 1.165) is 25.7 Å². The van der Waals surface area contributed by atoms with Crippen LogP contribution in [-0.4, -0.2) is 24.4 Å². The summed E-state index contributed by atoms with van der Waals surface area (Å²) in [4.78, 5) is 16.6. The third-order valence-electron chi connectivity index (χ3n) is 3.86. The van der Waals surface area contributed by atoms with Crippen LogP contribution in [0.2, 0.25) is 0 Å². The molecular formula is C13H23N3O2. The number of carbonyl (C=O) groups is 1. The molecule has 3 N–H and O–H groups in total. The molecular weight excluding hydrogens is 230 g/mol. The van der Waals surface area contributed by atoms with Gasteiger partial charge in [0.25, 0.3) is 5.91 Å². The number of amidine groups is 1. The molecule has 2 saturated carbocycles. The Kier molecular flexibility index (Phi) is 4.84. The van der Waals surface area contributed by atoms with Gasteiger partial charge in [-0.25, -0.2) is 0 Å². The molecule has 2 fully saturated rings. The molecule has 0 atom stereocenters. The van der Waals surface area contributed by atoms with Gasteiger partial charge >= 0.3 is 0 Å². The highest BCUT2D eigenvalue weighted by Crippen LogP contribution is 2.24. The monoisotopic (exact) mass is 253 g/mol. The summed E-state index contributed by atoms with van der Waals surface area (Å²) in [5.74, 6) is 0.800. The molecule has 2 rings (SSSR count). The highest BCUT2D eigenvalue weighted by Gasteiger charge is 2.20. The van der Waals surface area contributed by atoms with Gasteiger partial charge in [0, 0.05) is 12.0 Å². The van der Waals surface area contributed by atoms with E-state index in [9.17, 15) is 4.79 Å². The average molecular weight is 253 g/mol. The number of rotatable bonds is 5. The zero-order chi connectivity index (χ0) is 12.8. The highest BCUT2D eigenvalue weighted by molar-refractivity contribution is 5.82. The molecule has 18 heavy (non-hydrogen) atoms. The second kappa shape index (κ2) is 6.61. The first kappa shape index (κ1) is 13.2. The van der Waals surface area contributed by atoms with Crippen molar-refractivity contribution in [1.82, 2.24) is 5.32 Å². The Labute approximate surface area is 108 Å². The fraction of sp³-hybridized carbons (Fsp3) is 0.846. The van der Waals surface area contributed by atoms with Crippen LogP contribution in [0.1, 0.15) is 51.4 Å². The molecule has 2 aliphatic carbocycles. The Morgan fingerprint density at radius 3 is 2.44 bits per heavy atom. The maximum absolute atomic E-state index is 11.6. The minimum atomic E-state index is -0.0927. The summed E-state index contributed by atoms with van der Waals surface area (Å²) < 4.78 is 0. The molecule has 0 saturated heterocycles. The summed E-state index contributed by atoms with van der Waals surface area (Å²) in [5, 5.41) is 6.80. The van der Waals surface area contributed by atoms with Gasteiger partial charge < -0.3 is 15.9 Å². The van der Waals surface area contributed by atoms with Crippen LogP contribution in [0.3, 0.4) is 0 Å². The normalized spacial score (nSPS) is 22.3. The fourth-order valence-corrected chi connectivity index (χ4v) is 2.80. The maximum atomic E-state index is 11.6. The van der Waals surface area contributed by atoms with Gasteiger partial charge in [-0.05, 0) is 25.7 Å². The maximum Gasteiger partial charge on any atom is 0.260 e. The van der Waals surface area contributed by atoms with Crippen molar-refractivity contribution in [1.29, 1.82) is 0 Å². The van der Waals surface area contributed by atoms with Gasteiger partial charge in [-0.15, -0.1) is 0 Å². The van der Waals surface area contributed by atoms with Gasteiger partial charge in [-0.2, -0.15) is 0 Å². The molecule has 5 nitrogen and oxygen atoms in total. The van der Waals surface area contributed by atoms with Crippen LogP contribution in [0.15, 0.2) is 5.16 Å². The van der Waals surface area contributed by atoms with Gasteiger partial charge in [0.2, 0.25) is 0 Å². The molecule has 0 aromatic heterocycles. The number of nitrogens with two attached hydrogens (primary N) is 1. The quantitative estimate of drug-likeness (QED) is 0.443. The van der Waals surface area contributed by atoms with Crippen molar-refractivity contribution in [2.75, 3.05) is 6.61 Å². The number of hydrogen-bond acceptors (Lipinski definition) is 3. The van der Waals surface area contributed by atoms with E-state index in [4.69, 9.17) is 10.6 Å². The van der Waals surface area contributed by atoms with Crippen molar-refractivity contribution in [3.8, 4) is 0 Å². The topological polar surface area (TPSA) is 76.7 Å². The van der Waals surface area contributed by atoms with E-state index >= 15 is 0 Å². The first-order valence-corrected chi connectivity index (χ1v) is 7.00. The van der Waals surface area contributed by atoms with Crippen LogP contribution in [0.5, 0.6) is 0 Å². The van der Waals surface area contributed by atoms with Gasteiger partial charge in [-0.1, -0.05) is 30.8 Å². The van der Waals surface area contributed by atoms with Gasteiger partial charge in [0.1, 0.15) is 5.84 Å². The van der Waals surface area contributed by atoms with Crippen LogP contribution in [0.4, 0.5) is 0 Å². The number of hydrogen-bond donors (Lipinski definition) is 2. The number of oxime groups is 1. The van der Waals surface area contributed by atoms with Crippen molar-refractivity contribution >= 4 is 11.7 Å². The van der Waals surface area contributed by atoms with Gasteiger partial charge in [-0.3, -0.25) is 4.79 Å². The van der Waals surface area contributed by atoms with E-state index in [-0.39, 0.29) is 12.5 Å². The van der Waals surface area contributed by atoms with Crippen LogP contribution >= 0.6 is 0 Å². The summed E-state index contributed by atoms with van der Waals surface area (Å²) in [6.45, 7) is -0.0239. The second-order valence-corrected chi connectivity index (χ2v) is 5.32. The van der Waals surface area contributed by atoms with Crippen LogP contribution < -0.4 is 11.1 Å². The largest absolute Gasteiger partial charge is 0.384 e. The molecule has 0 aliphatic heterocycles. The summed E-state index contributed by atoms with van der Waals surface area (Å²) in [7, 11) is 0. The second-order valence-electron chi connectivity index (χ2n) is 5.32. The van der Waals surface area contributed by atoms with Crippen LogP contribution in [0.25, 0.3) is 0 Å². The predicted molar refractivity (Wildman–Crippen MR) is 69.9 cm³/mol. The molecule has 0 bridgehead atoms. The van der Waals surface area contributed by atoms with Crippen molar-refractivity contribution < 1.29 is 9.63 Å². The highest BCUT2D eigenvalue weighted by atomic mass is 16.6. The third-order valence-corrected chi connectivity index (χ3v) is 3.86. The summed E-state index contributed by atoms with van der Waals surface area (Å²) in [5.41, 5.74) is 5.82. The summed E-state index contributed by atoms with van der Waals surface area (Å²) in [6, 6.07) is 0.331. The number of nitrogens with zero attached hydrogens (tertiary/aromatic N) is 1. The lowest BCUT2D eigenvalue weighted by atomic mass is 10.1. The zero-order valence-corrected chi connectivity index (χ0v) is 10.9. The van der Waals surface area contributed by atoms with Crippen LogP contribution in [-0.2, 0) is 9.63 Å². The zero-order valence-electron chi connectivity index (χ0n) is 10.9. The molecule has 0 aromatic rings. The Morgan fingerprint density at radius 2 is 1.78 bits per heavy atom. The van der Waals surface area contributed by atoms with E-state index in [0.29, 0.717) is 17.8 Å². The van der Waals surface area contributed by atoms with Gasteiger partial charge in [0.05, 0.1) is 0 Å². The smallest absolute Gasteiger partial charge is 0.260 e. The number of amides is 1. The first-order chi connectivity index (χ1) is 8.75. The first-order valence-electron chi connectivity index (χ1n) is 7.00. The van der Waals surface area contributed by atoms with E-state index in [1.807, 2.05) is 0 Å². The Bertz CT molecular complexity index is 305. The number of carbonyl (C=O) groups excluding carboxylic acids is 1. The van der Waals surface area contributed by atoms with Crippen molar-refractivity contribution in [3.05, 3.63) is 0 Å². The van der Waals surface area contributed by atoms with Gasteiger partial charge in [0.15, 0.2) is 6.61 Å². The molecule has 102 valence electrons. The Hall–Kier alpha value is -1.26. The lowest BCUT2D eigenvalue weighted by Crippen LogP contribution is -2.35. The summed E-state index contributed by atoms with van der Waals surface area (Å²) in [6.07, 6.45) is 9.18. The van der Waals surface area contributed by atoms with Crippen LogP contribution in [0, 0.1) is 5.92 Å². The van der Waals surface area contributed by atoms with E-state index < -0.39 is 0 Å². The van der Waals surface area contributed by atoms with Crippen molar-refractivity contribution in [3.63, 3.8) is 0 Å². The SMILES string of the molecule is N/C(=N\OCC(=O)NC1CCCC1)C1CCCC1. The molecule has 0 unspecified atom stereocenters. The third kappa shape index (κ3) is 3.89. The fourth-order valence-electron chi connectivity index (χ4n) is 2.80. The summed E-state index contributed by atoms with van der Waals surface area (Å²) >= 11 is 0. The molecule has 0 spiro atoms. The average Bonchev–Trinajstić information content (AvgIpc) is 3.00. The molecule has 0 aromatic carbocycles. The lowest BCUT2D eigenvalue weighted by Gasteiger charge is -2.11. The van der Waals surface area contributed by atoms with E-state index in [1.54, 1.807) is 0 Å². The standard InChI is InChI=1S/C13H23N3O2/c14-13(10-5-1-2-6-10)16-18-9-12(17)15-11-7-3-4-8-11/h10-11H,1-9H2,(H2,14,16)(H,15,17). The Balaban J connectivity index is 1.64. The van der Waals surface area contributed by atoms with E-state index in [2.05, 4.69) is 10.5 Å². The number of nitrogens with one attached hydrogen (secondary N) is 1. The molecule has 1 amide bonds. The van der Waals surface area contributed by atoms with Crippen molar-refractivity contribution in [2.45, 2.75) is 57.4 Å².